The van der Waals surface area contributed by atoms with Crippen LogP contribution in [0, 0.1) is 6.07 Å². The van der Waals surface area contributed by atoms with Crippen LogP contribution >= 0.6 is 11.6 Å². The van der Waals surface area contributed by atoms with Crippen molar-refractivity contribution in [2.24, 2.45) is 5.16 Å². The van der Waals surface area contributed by atoms with Crippen molar-refractivity contribution in [2.75, 3.05) is 7.11 Å². The van der Waals surface area contributed by atoms with E-state index >= 15 is 0 Å². The molecule has 0 unspecified atom stereocenters. The molecule has 11 heavy (non-hydrogen) atoms. The first kappa shape index (κ1) is 8.08. The van der Waals surface area contributed by atoms with Crippen LogP contribution < -0.4 is 0 Å². The Hall–Kier alpha value is -1.02. The molecule has 1 radical (unpaired) electrons. The molecule has 1 aromatic carbocycles. The van der Waals surface area contributed by atoms with Crippen LogP contribution in [0.4, 0.5) is 0 Å². The predicted octanol–water partition coefficient (Wildman–Crippen LogP) is 2.12. The zero-order valence-electron chi connectivity index (χ0n) is 6.04. The van der Waals surface area contributed by atoms with E-state index in [0.29, 0.717) is 5.02 Å². The maximum atomic E-state index is 5.64. The summed E-state index contributed by atoms with van der Waals surface area (Å²) in [5.74, 6) is 0. The fourth-order valence-corrected chi connectivity index (χ4v) is 0.725. The summed E-state index contributed by atoms with van der Waals surface area (Å²) in [6.07, 6.45) is 1.57. The lowest BCUT2D eigenvalue weighted by atomic mass is 10.2. The second kappa shape index (κ2) is 3.98. The van der Waals surface area contributed by atoms with Crippen LogP contribution in [0.3, 0.4) is 0 Å². The Kier molecular flexibility index (Phi) is 2.93. The molecular weight excluding hydrogens is 162 g/mol. The van der Waals surface area contributed by atoms with Gasteiger partial charge in [0, 0.05) is 10.6 Å². The van der Waals surface area contributed by atoms with E-state index in [0.717, 1.165) is 5.56 Å². The minimum atomic E-state index is 0.666. The van der Waals surface area contributed by atoms with Crippen LogP contribution in [0.1, 0.15) is 5.56 Å². The highest BCUT2D eigenvalue weighted by Gasteiger charge is 1.87. The summed E-state index contributed by atoms with van der Waals surface area (Å²) in [7, 11) is 1.49. The molecule has 0 bridgehead atoms. The smallest absolute Gasteiger partial charge is 0.106 e. The molecule has 2 nitrogen and oxygen atoms in total. The molecule has 57 valence electrons. The molecule has 0 aliphatic carbocycles. The summed E-state index contributed by atoms with van der Waals surface area (Å²) in [5.41, 5.74) is 0.844. The van der Waals surface area contributed by atoms with Crippen LogP contribution in [0.15, 0.2) is 23.4 Å². The molecule has 0 amide bonds. The predicted molar refractivity (Wildman–Crippen MR) is 44.9 cm³/mol. The van der Waals surface area contributed by atoms with Gasteiger partial charge in [-0.3, -0.25) is 0 Å². The molecule has 0 aliphatic rings. The molecule has 0 atom stereocenters. The van der Waals surface area contributed by atoms with Gasteiger partial charge in [0.1, 0.15) is 7.11 Å². The van der Waals surface area contributed by atoms with Gasteiger partial charge in [-0.15, -0.1) is 0 Å². The van der Waals surface area contributed by atoms with E-state index in [2.05, 4.69) is 16.1 Å². The molecule has 0 fully saturated rings. The summed E-state index contributed by atoms with van der Waals surface area (Å²) < 4.78 is 0. The average Bonchev–Trinajstić information content (AvgIpc) is 2.04. The van der Waals surface area contributed by atoms with E-state index in [9.17, 15) is 0 Å². The van der Waals surface area contributed by atoms with Crippen molar-refractivity contribution in [3.63, 3.8) is 0 Å². The minimum Gasteiger partial charge on any atom is -0.399 e. The fraction of sp³-hybridized carbons (Fsp3) is 0.125. The Balaban J connectivity index is 2.73. The third kappa shape index (κ3) is 2.60. The molecule has 0 aromatic heterocycles. The van der Waals surface area contributed by atoms with Crippen molar-refractivity contribution in [1.82, 2.24) is 0 Å². The third-order valence-electron chi connectivity index (χ3n) is 1.10. The van der Waals surface area contributed by atoms with E-state index in [-0.39, 0.29) is 0 Å². The number of halogens is 1. The maximum absolute atomic E-state index is 5.64. The number of rotatable bonds is 2. The molecule has 0 heterocycles. The number of oxime groups is 1. The lowest BCUT2D eigenvalue weighted by Gasteiger charge is -1.90. The Morgan fingerprint density at radius 2 is 2.45 bits per heavy atom. The number of hydrogen-bond donors (Lipinski definition) is 0. The molecule has 0 saturated carbocycles. The first-order valence-electron chi connectivity index (χ1n) is 3.06. The van der Waals surface area contributed by atoms with E-state index in [1.165, 1.54) is 7.11 Å². The first-order valence-corrected chi connectivity index (χ1v) is 3.44. The van der Waals surface area contributed by atoms with Crippen LogP contribution in [-0.4, -0.2) is 13.3 Å². The van der Waals surface area contributed by atoms with Gasteiger partial charge in [0.2, 0.25) is 0 Å². The average molecular weight is 169 g/mol. The number of benzene rings is 1. The normalized spacial score (nSPS) is 10.4. The Bertz CT molecular complexity index is 243. The lowest BCUT2D eigenvalue weighted by molar-refractivity contribution is 0.215. The van der Waals surface area contributed by atoms with Crippen molar-refractivity contribution in [1.29, 1.82) is 0 Å². The van der Waals surface area contributed by atoms with Crippen molar-refractivity contribution in [3.8, 4) is 0 Å². The monoisotopic (exact) mass is 168 g/mol. The van der Waals surface area contributed by atoms with Crippen LogP contribution in [0.25, 0.3) is 0 Å². The summed E-state index contributed by atoms with van der Waals surface area (Å²) >= 11 is 5.64. The topological polar surface area (TPSA) is 21.6 Å². The summed E-state index contributed by atoms with van der Waals surface area (Å²) in [5, 5.41) is 4.24. The highest BCUT2D eigenvalue weighted by Crippen LogP contribution is 2.06. The summed E-state index contributed by atoms with van der Waals surface area (Å²) in [6, 6.07) is 8.17. The highest BCUT2D eigenvalue weighted by atomic mass is 35.5. The third-order valence-corrected chi connectivity index (χ3v) is 1.33. The zero-order valence-corrected chi connectivity index (χ0v) is 6.80. The van der Waals surface area contributed by atoms with Gasteiger partial charge >= 0.3 is 0 Å². The van der Waals surface area contributed by atoms with Crippen LogP contribution in [-0.2, 0) is 4.84 Å². The lowest BCUT2D eigenvalue weighted by Crippen LogP contribution is -1.80. The van der Waals surface area contributed by atoms with Gasteiger partial charge in [0.25, 0.3) is 0 Å². The molecule has 3 heteroatoms. The van der Waals surface area contributed by atoms with E-state index in [1.807, 2.05) is 6.07 Å². The van der Waals surface area contributed by atoms with E-state index < -0.39 is 0 Å². The number of nitrogens with zero attached hydrogens (tertiary/aromatic N) is 1. The van der Waals surface area contributed by atoms with Gasteiger partial charge in [-0.05, 0) is 18.2 Å². The quantitative estimate of drug-likeness (QED) is 0.490. The Labute approximate surface area is 70.4 Å². The van der Waals surface area contributed by atoms with Gasteiger partial charge in [0.15, 0.2) is 0 Å². The van der Waals surface area contributed by atoms with Crippen molar-refractivity contribution < 1.29 is 4.84 Å². The largest absolute Gasteiger partial charge is 0.399 e. The molecule has 1 aromatic rings. The Morgan fingerprint density at radius 1 is 1.64 bits per heavy atom. The van der Waals surface area contributed by atoms with Crippen LogP contribution in [0.5, 0.6) is 0 Å². The number of hydrogen-bond acceptors (Lipinski definition) is 2. The second-order valence-electron chi connectivity index (χ2n) is 1.88. The van der Waals surface area contributed by atoms with Gasteiger partial charge in [-0.25, -0.2) is 0 Å². The van der Waals surface area contributed by atoms with Crippen LogP contribution in [0.2, 0.25) is 5.02 Å². The standard InChI is InChI=1S/C8H7ClNO/c1-11-10-6-7-2-4-8(9)5-3-7/h2,4-6H,1H3. The molecular formula is C8H7ClNO. The maximum Gasteiger partial charge on any atom is 0.106 e. The summed E-state index contributed by atoms with van der Waals surface area (Å²) in [6.45, 7) is 0. The molecule has 0 aliphatic heterocycles. The van der Waals surface area contributed by atoms with Crippen molar-refractivity contribution in [3.05, 3.63) is 34.9 Å². The van der Waals surface area contributed by atoms with E-state index in [4.69, 9.17) is 11.6 Å². The molecule has 0 N–H and O–H groups in total. The van der Waals surface area contributed by atoms with Gasteiger partial charge < -0.3 is 4.84 Å². The summed E-state index contributed by atoms with van der Waals surface area (Å²) in [4.78, 5) is 4.49. The van der Waals surface area contributed by atoms with Crippen molar-refractivity contribution in [2.45, 2.75) is 0 Å². The SMILES string of the molecule is CON=Cc1[c]cc(Cl)cc1. The van der Waals surface area contributed by atoms with Gasteiger partial charge in [-0.2, -0.15) is 0 Å². The van der Waals surface area contributed by atoms with E-state index in [1.54, 1.807) is 18.3 Å². The minimum absolute atomic E-state index is 0.666. The zero-order chi connectivity index (χ0) is 8.10. The van der Waals surface area contributed by atoms with Crippen molar-refractivity contribution >= 4 is 17.8 Å². The van der Waals surface area contributed by atoms with Gasteiger partial charge in [0.05, 0.1) is 6.21 Å². The fourth-order valence-electron chi connectivity index (χ4n) is 0.608. The first-order chi connectivity index (χ1) is 5.33. The second-order valence-corrected chi connectivity index (χ2v) is 2.32. The van der Waals surface area contributed by atoms with Gasteiger partial charge in [-0.1, -0.05) is 22.8 Å². The Morgan fingerprint density at radius 3 is 3.00 bits per heavy atom. The molecule has 1 rings (SSSR count). The molecule has 0 saturated heterocycles. The highest BCUT2D eigenvalue weighted by molar-refractivity contribution is 6.30. The molecule has 0 spiro atoms.